The van der Waals surface area contributed by atoms with Gasteiger partial charge in [-0.2, -0.15) is 5.10 Å². The molecule has 0 bridgehead atoms. The van der Waals surface area contributed by atoms with Crippen molar-refractivity contribution >= 4 is 23.3 Å². The lowest BCUT2D eigenvalue weighted by Crippen LogP contribution is -2.47. The Morgan fingerprint density at radius 2 is 2.13 bits per heavy atom. The van der Waals surface area contributed by atoms with Gasteiger partial charge < -0.3 is 15.4 Å². The molecule has 0 saturated heterocycles. The third-order valence-electron chi connectivity index (χ3n) is 3.21. The fourth-order valence-corrected chi connectivity index (χ4v) is 2.14. The lowest BCUT2D eigenvalue weighted by atomic mass is 10.1. The van der Waals surface area contributed by atoms with Crippen LogP contribution in [0, 0.1) is 12.8 Å². The van der Waals surface area contributed by atoms with Crippen LogP contribution in [0.15, 0.2) is 18.3 Å². The van der Waals surface area contributed by atoms with Gasteiger partial charge in [0.05, 0.1) is 12.3 Å². The number of ether oxygens (including phenoxy) is 1. The number of aryl methyl sites for hydroxylation is 1. The summed E-state index contributed by atoms with van der Waals surface area (Å²) in [5, 5.41) is 9.52. The van der Waals surface area contributed by atoms with Crippen LogP contribution >= 0.6 is 0 Å². The second-order valence-corrected chi connectivity index (χ2v) is 5.42. The third-order valence-corrected chi connectivity index (χ3v) is 3.21. The number of anilines is 1. The number of aromatic nitrogens is 3. The van der Waals surface area contributed by atoms with Gasteiger partial charge in [0.1, 0.15) is 11.9 Å². The summed E-state index contributed by atoms with van der Waals surface area (Å²) >= 11 is 0. The van der Waals surface area contributed by atoms with Gasteiger partial charge in [-0.3, -0.25) is 0 Å². The van der Waals surface area contributed by atoms with Crippen molar-refractivity contribution in [2.24, 2.45) is 5.92 Å². The zero-order chi connectivity index (χ0) is 17.0. The fourth-order valence-electron chi connectivity index (χ4n) is 2.14. The molecule has 0 aliphatic rings. The summed E-state index contributed by atoms with van der Waals surface area (Å²) < 4.78 is 6.56. The Kier molecular flexibility index (Phi) is 5.15. The molecule has 2 rings (SSSR count). The van der Waals surface area contributed by atoms with Crippen LogP contribution in [0.2, 0.25) is 0 Å². The summed E-state index contributed by atoms with van der Waals surface area (Å²) in [6.45, 7) is 7.44. The molecule has 2 aromatic heterocycles. The van der Waals surface area contributed by atoms with E-state index < -0.39 is 18.0 Å². The first kappa shape index (κ1) is 16.7. The van der Waals surface area contributed by atoms with Crippen LogP contribution in [-0.2, 0) is 9.53 Å². The summed E-state index contributed by atoms with van der Waals surface area (Å²) in [6.07, 6.45) is 1.74. The van der Waals surface area contributed by atoms with Gasteiger partial charge in [0.15, 0.2) is 5.65 Å². The molecule has 1 atom stereocenters. The highest BCUT2D eigenvalue weighted by molar-refractivity contribution is 5.95. The van der Waals surface area contributed by atoms with Gasteiger partial charge in [-0.05, 0) is 31.9 Å². The molecule has 0 aliphatic carbocycles. The lowest BCUT2D eigenvalue weighted by Gasteiger charge is -2.20. The molecule has 0 radical (unpaired) electrons. The van der Waals surface area contributed by atoms with Crippen LogP contribution in [0.3, 0.4) is 0 Å². The summed E-state index contributed by atoms with van der Waals surface area (Å²) in [5.41, 5.74) is 1.05. The molecule has 2 aromatic rings. The number of nitrogens with zero attached hydrogens (tertiary/aromatic N) is 3. The molecule has 0 aliphatic heterocycles. The van der Waals surface area contributed by atoms with Crippen molar-refractivity contribution in [3.8, 4) is 0 Å². The molecule has 8 nitrogen and oxygen atoms in total. The quantitative estimate of drug-likeness (QED) is 0.818. The van der Waals surface area contributed by atoms with Crippen LogP contribution in [0.1, 0.15) is 26.6 Å². The number of esters is 1. The van der Waals surface area contributed by atoms with E-state index in [4.69, 9.17) is 4.74 Å². The van der Waals surface area contributed by atoms with Crippen molar-refractivity contribution < 1.29 is 14.3 Å². The molecule has 124 valence electrons. The number of carbonyl (C=O) groups excluding carboxylic acids is 2. The first-order valence-corrected chi connectivity index (χ1v) is 7.48. The number of pyridine rings is 1. The van der Waals surface area contributed by atoms with Gasteiger partial charge in [-0.15, -0.1) is 0 Å². The van der Waals surface area contributed by atoms with Crippen molar-refractivity contribution in [2.45, 2.75) is 33.7 Å². The van der Waals surface area contributed by atoms with Crippen LogP contribution in [-0.4, -0.2) is 39.2 Å². The van der Waals surface area contributed by atoms with Crippen molar-refractivity contribution in [3.63, 3.8) is 0 Å². The Morgan fingerprint density at radius 1 is 1.39 bits per heavy atom. The molecular formula is C15H21N5O3. The van der Waals surface area contributed by atoms with Crippen molar-refractivity contribution in [3.05, 3.63) is 24.2 Å². The Morgan fingerprint density at radius 3 is 2.78 bits per heavy atom. The van der Waals surface area contributed by atoms with E-state index in [1.165, 1.54) is 0 Å². The number of rotatable bonds is 5. The summed E-state index contributed by atoms with van der Waals surface area (Å²) in [5.74, 6) is 0.0614. The molecule has 2 heterocycles. The first-order chi connectivity index (χ1) is 10.9. The summed E-state index contributed by atoms with van der Waals surface area (Å²) in [7, 11) is 0. The van der Waals surface area contributed by atoms with Gasteiger partial charge in [0, 0.05) is 6.20 Å². The first-order valence-electron chi connectivity index (χ1n) is 7.48. The van der Waals surface area contributed by atoms with E-state index in [0.29, 0.717) is 17.2 Å². The number of nitrogens with one attached hydrogen (secondary N) is 2. The SMILES string of the molecule is CCOC(=O)C(NC(=O)Nc1cccn2nc(C)nc12)C(C)C. The maximum Gasteiger partial charge on any atom is 0.328 e. The highest BCUT2D eigenvalue weighted by Crippen LogP contribution is 2.14. The van der Waals surface area contributed by atoms with E-state index in [1.54, 1.807) is 36.7 Å². The van der Waals surface area contributed by atoms with Gasteiger partial charge in [0.2, 0.25) is 0 Å². The predicted molar refractivity (Wildman–Crippen MR) is 85.1 cm³/mol. The number of fused-ring (bicyclic) bond motifs is 1. The normalized spacial score (nSPS) is 12.2. The predicted octanol–water partition coefficient (Wildman–Crippen LogP) is 1.75. The minimum Gasteiger partial charge on any atom is -0.464 e. The van der Waals surface area contributed by atoms with Crippen LogP contribution in [0.5, 0.6) is 0 Å². The molecule has 8 heteroatoms. The monoisotopic (exact) mass is 319 g/mol. The molecular weight excluding hydrogens is 298 g/mol. The molecule has 2 amide bonds. The highest BCUT2D eigenvalue weighted by atomic mass is 16.5. The Hall–Kier alpha value is -2.64. The van der Waals surface area contributed by atoms with E-state index in [2.05, 4.69) is 20.7 Å². The van der Waals surface area contributed by atoms with Crippen molar-refractivity contribution in [2.75, 3.05) is 11.9 Å². The topological polar surface area (TPSA) is 97.6 Å². The molecule has 0 aromatic carbocycles. The average Bonchev–Trinajstić information content (AvgIpc) is 2.86. The zero-order valence-electron chi connectivity index (χ0n) is 13.7. The van der Waals surface area contributed by atoms with Gasteiger partial charge in [-0.1, -0.05) is 13.8 Å². The Labute approximate surface area is 134 Å². The van der Waals surface area contributed by atoms with Gasteiger partial charge in [-0.25, -0.2) is 19.1 Å². The second kappa shape index (κ2) is 7.08. The molecule has 0 fully saturated rings. The molecule has 1 unspecified atom stereocenters. The minimum atomic E-state index is -0.714. The van der Waals surface area contributed by atoms with E-state index >= 15 is 0 Å². The number of carbonyl (C=O) groups is 2. The van der Waals surface area contributed by atoms with Crippen LogP contribution < -0.4 is 10.6 Å². The van der Waals surface area contributed by atoms with Crippen molar-refractivity contribution in [1.82, 2.24) is 19.9 Å². The number of urea groups is 1. The second-order valence-electron chi connectivity index (χ2n) is 5.42. The smallest absolute Gasteiger partial charge is 0.328 e. The Bertz CT molecular complexity index is 710. The largest absolute Gasteiger partial charge is 0.464 e. The molecule has 23 heavy (non-hydrogen) atoms. The fraction of sp³-hybridized carbons (Fsp3) is 0.467. The molecule has 2 N–H and O–H groups in total. The van der Waals surface area contributed by atoms with Crippen LogP contribution in [0.25, 0.3) is 5.65 Å². The van der Waals surface area contributed by atoms with Crippen LogP contribution in [0.4, 0.5) is 10.5 Å². The lowest BCUT2D eigenvalue weighted by molar-refractivity contribution is -0.146. The summed E-state index contributed by atoms with van der Waals surface area (Å²) in [4.78, 5) is 28.4. The maximum absolute atomic E-state index is 12.2. The van der Waals surface area contributed by atoms with Crippen molar-refractivity contribution in [1.29, 1.82) is 0 Å². The number of hydrogen-bond acceptors (Lipinski definition) is 5. The van der Waals surface area contributed by atoms with E-state index in [0.717, 1.165) is 0 Å². The van der Waals surface area contributed by atoms with Gasteiger partial charge >= 0.3 is 12.0 Å². The van der Waals surface area contributed by atoms with E-state index in [1.807, 2.05) is 13.8 Å². The molecule has 0 saturated carbocycles. The maximum atomic E-state index is 12.2. The standard InChI is InChI=1S/C15H21N5O3/c1-5-23-14(21)12(9(2)3)18-15(22)17-11-7-6-8-20-13(11)16-10(4)19-20/h6-9,12H,5H2,1-4H3,(H2,17,18,22). The summed E-state index contributed by atoms with van der Waals surface area (Å²) in [6, 6.07) is 2.26. The molecule has 0 spiro atoms. The average molecular weight is 319 g/mol. The van der Waals surface area contributed by atoms with Gasteiger partial charge in [0.25, 0.3) is 0 Å². The van der Waals surface area contributed by atoms with E-state index in [-0.39, 0.29) is 12.5 Å². The number of amides is 2. The van der Waals surface area contributed by atoms with E-state index in [9.17, 15) is 9.59 Å². The Balaban J connectivity index is 2.12. The third kappa shape index (κ3) is 3.97. The zero-order valence-corrected chi connectivity index (χ0v) is 13.7. The number of hydrogen-bond donors (Lipinski definition) is 2. The highest BCUT2D eigenvalue weighted by Gasteiger charge is 2.25. The minimum absolute atomic E-state index is 0.0917.